The lowest BCUT2D eigenvalue weighted by Gasteiger charge is -2.29. The fraction of sp³-hybridized carbons (Fsp3) is 0.562. The molecule has 4 heteroatoms. The summed E-state index contributed by atoms with van der Waals surface area (Å²) in [5.41, 5.74) is 6.87. The third-order valence-corrected chi connectivity index (χ3v) is 4.86. The van der Waals surface area contributed by atoms with Crippen LogP contribution in [0.5, 0.6) is 0 Å². The Labute approximate surface area is 118 Å². The number of carbonyl (C=O) groups is 1. The van der Waals surface area contributed by atoms with Crippen LogP contribution < -0.4 is 5.73 Å². The second-order valence-electron chi connectivity index (χ2n) is 6.17. The molecule has 0 bridgehead atoms. The molecule has 108 valence electrons. The van der Waals surface area contributed by atoms with E-state index in [2.05, 4.69) is 0 Å². The van der Waals surface area contributed by atoms with Gasteiger partial charge >= 0.3 is 0 Å². The minimum absolute atomic E-state index is 0.187. The number of hydrogen-bond donors (Lipinski definition) is 1. The fourth-order valence-corrected chi connectivity index (χ4v) is 3.67. The molecule has 20 heavy (non-hydrogen) atoms. The molecular formula is C16H21FN2O. The summed E-state index contributed by atoms with van der Waals surface area (Å²) in [7, 11) is 0. The molecular weight excluding hydrogens is 255 g/mol. The van der Waals surface area contributed by atoms with E-state index in [4.69, 9.17) is 5.73 Å². The van der Waals surface area contributed by atoms with Crippen LogP contribution in [0.2, 0.25) is 0 Å². The van der Waals surface area contributed by atoms with Gasteiger partial charge in [0, 0.05) is 19.1 Å². The number of aryl methyl sites for hydroxylation is 1. The molecule has 1 aromatic rings. The summed E-state index contributed by atoms with van der Waals surface area (Å²) in [6, 6.07) is 5.19. The van der Waals surface area contributed by atoms with Gasteiger partial charge in [0.2, 0.25) is 0 Å². The molecule has 1 aliphatic carbocycles. The van der Waals surface area contributed by atoms with Crippen molar-refractivity contribution in [2.24, 2.45) is 17.6 Å². The van der Waals surface area contributed by atoms with E-state index in [1.807, 2.05) is 0 Å². The minimum Gasteiger partial charge on any atom is -0.338 e. The Balaban J connectivity index is 1.80. The largest absolute Gasteiger partial charge is 0.338 e. The Morgan fingerprint density at radius 3 is 2.90 bits per heavy atom. The molecule has 0 aromatic heterocycles. The molecule has 2 aliphatic rings. The zero-order chi connectivity index (χ0) is 14.3. The van der Waals surface area contributed by atoms with Gasteiger partial charge in [-0.15, -0.1) is 0 Å². The van der Waals surface area contributed by atoms with Crippen molar-refractivity contribution in [3.05, 3.63) is 35.1 Å². The number of nitrogens with two attached hydrogens (primary N) is 1. The molecule has 1 aliphatic heterocycles. The molecule has 1 saturated carbocycles. The molecule has 1 amide bonds. The topological polar surface area (TPSA) is 46.3 Å². The van der Waals surface area contributed by atoms with Crippen molar-refractivity contribution in [3.63, 3.8) is 0 Å². The van der Waals surface area contributed by atoms with Crippen LogP contribution in [-0.2, 0) is 0 Å². The molecule has 1 aromatic carbocycles. The van der Waals surface area contributed by atoms with Crippen LogP contribution in [0.4, 0.5) is 4.39 Å². The average Bonchev–Trinajstić information content (AvgIpc) is 2.87. The molecule has 2 fully saturated rings. The Morgan fingerprint density at radius 1 is 1.35 bits per heavy atom. The Bertz CT molecular complexity index is 531. The molecule has 1 saturated heterocycles. The highest BCUT2D eigenvalue weighted by atomic mass is 19.1. The summed E-state index contributed by atoms with van der Waals surface area (Å²) in [5, 5.41) is 0. The lowest BCUT2D eigenvalue weighted by molar-refractivity contribution is 0.0778. The van der Waals surface area contributed by atoms with Crippen molar-refractivity contribution in [3.8, 4) is 0 Å². The van der Waals surface area contributed by atoms with Gasteiger partial charge in [-0.1, -0.05) is 18.6 Å². The van der Waals surface area contributed by atoms with E-state index in [0.29, 0.717) is 23.9 Å². The zero-order valence-electron chi connectivity index (χ0n) is 11.8. The van der Waals surface area contributed by atoms with Crippen LogP contribution in [0, 0.1) is 24.6 Å². The first kappa shape index (κ1) is 13.6. The number of nitrogens with zero attached hydrogens (tertiary/aromatic N) is 1. The van der Waals surface area contributed by atoms with E-state index < -0.39 is 5.82 Å². The van der Waals surface area contributed by atoms with Gasteiger partial charge in [-0.05, 0) is 43.2 Å². The SMILES string of the molecule is Cc1cccc(C(=O)N2CC3CCCC(N)C3C2)c1F. The van der Waals surface area contributed by atoms with Crippen LogP contribution in [0.15, 0.2) is 18.2 Å². The highest BCUT2D eigenvalue weighted by Gasteiger charge is 2.40. The number of carbonyl (C=O) groups excluding carboxylic acids is 1. The van der Waals surface area contributed by atoms with Crippen molar-refractivity contribution in [2.45, 2.75) is 32.2 Å². The van der Waals surface area contributed by atoms with Gasteiger partial charge in [0.1, 0.15) is 5.82 Å². The molecule has 0 spiro atoms. The summed E-state index contributed by atoms with van der Waals surface area (Å²) < 4.78 is 14.1. The minimum atomic E-state index is -0.392. The van der Waals surface area contributed by atoms with Crippen molar-refractivity contribution < 1.29 is 9.18 Å². The van der Waals surface area contributed by atoms with Crippen molar-refractivity contribution in [1.82, 2.24) is 4.90 Å². The van der Waals surface area contributed by atoms with Gasteiger partial charge in [-0.2, -0.15) is 0 Å². The van der Waals surface area contributed by atoms with E-state index in [1.165, 1.54) is 0 Å². The quantitative estimate of drug-likeness (QED) is 0.855. The summed E-state index contributed by atoms with van der Waals surface area (Å²) in [6.45, 7) is 3.09. The maximum absolute atomic E-state index is 14.1. The number of likely N-dealkylation sites (tertiary alicyclic amines) is 1. The Hall–Kier alpha value is -1.42. The van der Waals surface area contributed by atoms with Crippen LogP contribution in [0.3, 0.4) is 0 Å². The lowest BCUT2D eigenvalue weighted by atomic mass is 9.78. The summed E-state index contributed by atoms with van der Waals surface area (Å²) in [5.74, 6) is 0.306. The summed E-state index contributed by atoms with van der Waals surface area (Å²) >= 11 is 0. The van der Waals surface area contributed by atoms with Gasteiger partial charge in [-0.25, -0.2) is 4.39 Å². The van der Waals surface area contributed by atoms with Crippen LogP contribution in [-0.4, -0.2) is 29.9 Å². The van der Waals surface area contributed by atoms with Gasteiger partial charge in [0.15, 0.2) is 0 Å². The van der Waals surface area contributed by atoms with Crippen molar-refractivity contribution in [1.29, 1.82) is 0 Å². The predicted octanol–water partition coefficient (Wildman–Crippen LogP) is 2.33. The number of amides is 1. The van der Waals surface area contributed by atoms with E-state index in [0.717, 1.165) is 25.8 Å². The Kier molecular flexibility index (Phi) is 3.50. The van der Waals surface area contributed by atoms with Gasteiger partial charge in [0.25, 0.3) is 5.91 Å². The Morgan fingerprint density at radius 2 is 2.15 bits per heavy atom. The predicted molar refractivity (Wildman–Crippen MR) is 75.8 cm³/mol. The van der Waals surface area contributed by atoms with Crippen molar-refractivity contribution in [2.75, 3.05) is 13.1 Å². The van der Waals surface area contributed by atoms with E-state index in [1.54, 1.807) is 30.0 Å². The highest BCUT2D eigenvalue weighted by molar-refractivity contribution is 5.95. The third kappa shape index (κ3) is 2.22. The fourth-order valence-electron chi connectivity index (χ4n) is 3.67. The maximum Gasteiger partial charge on any atom is 0.256 e. The normalized spacial score (nSPS) is 29.4. The standard InChI is InChI=1S/C16H21FN2O/c1-10-4-2-6-12(15(10)17)16(20)19-8-11-5-3-7-14(18)13(11)9-19/h2,4,6,11,13-14H,3,5,7-9,18H2,1H3. The number of rotatable bonds is 1. The lowest BCUT2D eigenvalue weighted by Crippen LogP contribution is -2.38. The average molecular weight is 276 g/mol. The van der Waals surface area contributed by atoms with Crippen LogP contribution >= 0.6 is 0 Å². The summed E-state index contributed by atoms with van der Waals surface area (Å²) in [4.78, 5) is 14.3. The van der Waals surface area contributed by atoms with Crippen molar-refractivity contribution >= 4 is 5.91 Å². The number of fused-ring (bicyclic) bond motifs is 1. The molecule has 3 rings (SSSR count). The van der Waals surface area contributed by atoms with Gasteiger partial charge < -0.3 is 10.6 Å². The molecule has 3 atom stereocenters. The molecule has 3 unspecified atom stereocenters. The van der Waals surface area contributed by atoms with Crippen LogP contribution in [0.1, 0.15) is 35.2 Å². The monoisotopic (exact) mass is 276 g/mol. The summed E-state index contributed by atoms with van der Waals surface area (Å²) in [6.07, 6.45) is 3.32. The van der Waals surface area contributed by atoms with E-state index >= 15 is 0 Å². The first-order valence-electron chi connectivity index (χ1n) is 7.38. The molecule has 0 radical (unpaired) electrons. The van der Waals surface area contributed by atoms with E-state index in [-0.39, 0.29) is 17.5 Å². The second-order valence-corrected chi connectivity index (χ2v) is 6.17. The number of benzene rings is 1. The first-order valence-corrected chi connectivity index (χ1v) is 7.38. The molecule has 2 N–H and O–H groups in total. The van der Waals surface area contributed by atoms with E-state index in [9.17, 15) is 9.18 Å². The van der Waals surface area contributed by atoms with Gasteiger partial charge in [-0.3, -0.25) is 4.79 Å². The second kappa shape index (κ2) is 5.17. The molecule has 1 heterocycles. The first-order chi connectivity index (χ1) is 9.58. The molecule has 3 nitrogen and oxygen atoms in total. The smallest absolute Gasteiger partial charge is 0.256 e. The number of hydrogen-bond acceptors (Lipinski definition) is 2. The van der Waals surface area contributed by atoms with Gasteiger partial charge in [0.05, 0.1) is 5.56 Å². The maximum atomic E-state index is 14.1. The highest BCUT2D eigenvalue weighted by Crippen LogP contribution is 2.36. The third-order valence-electron chi connectivity index (χ3n) is 4.86. The van der Waals surface area contributed by atoms with Crippen LogP contribution in [0.25, 0.3) is 0 Å². The zero-order valence-corrected chi connectivity index (χ0v) is 11.8. The number of halogens is 1.